The molecule has 8 heteroatoms. The normalized spacial score (nSPS) is 11.7. The first kappa shape index (κ1) is 15.7. The molecule has 0 aliphatic heterocycles. The van der Waals surface area contributed by atoms with Crippen LogP contribution in [-0.4, -0.2) is 31.9 Å². The highest BCUT2D eigenvalue weighted by Gasteiger charge is 2.18. The molecule has 20 heavy (non-hydrogen) atoms. The summed E-state index contributed by atoms with van der Waals surface area (Å²) in [6, 6.07) is 7.11. The van der Waals surface area contributed by atoms with Gasteiger partial charge in [0.05, 0.1) is 28.6 Å². The van der Waals surface area contributed by atoms with Crippen molar-refractivity contribution in [2.75, 3.05) is 12.3 Å². The number of halogens is 1. The van der Waals surface area contributed by atoms with E-state index < -0.39 is 28.2 Å². The van der Waals surface area contributed by atoms with Crippen LogP contribution < -0.4 is 5.32 Å². The fourth-order valence-corrected chi connectivity index (χ4v) is 2.81. The monoisotopic (exact) mass is 298 g/mol. The number of nitrogens with zero attached hydrogens (tertiary/aromatic N) is 1. The van der Waals surface area contributed by atoms with Crippen LogP contribution in [0.25, 0.3) is 0 Å². The van der Waals surface area contributed by atoms with E-state index in [0.717, 1.165) is 0 Å². The Labute approximate surface area is 115 Å². The highest BCUT2D eigenvalue weighted by atomic mass is 32.2. The van der Waals surface area contributed by atoms with Crippen molar-refractivity contribution in [3.05, 3.63) is 41.7 Å². The third-order valence-electron chi connectivity index (χ3n) is 2.32. The Hall–Kier alpha value is -2.40. The predicted molar refractivity (Wildman–Crippen MR) is 68.4 cm³/mol. The number of amides is 1. The summed E-state index contributed by atoms with van der Waals surface area (Å²) in [5, 5.41) is 19.0. The van der Waals surface area contributed by atoms with Crippen molar-refractivity contribution in [2.45, 2.75) is 4.90 Å². The smallest absolute Gasteiger partial charge is 0.404 e. The quantitative estimate of drug-likeness (QED) is 0.855. The van der Waals surface area contributed by atoms with Gasteiger partial charge in [-0.25, -0.2) is 17.6 Å². The molecule has 0 aliphatic carbocycles. The van der Waals surface area contributed by atoms with E-state index in [0.29, 0.717) is 0 Å². The van der Waals surface area contributed by atoms with Crippen LogP contribution in [0.15, 0.2) is 41.1 Å². The number of carbonyl (C=O) groups is 1. The minimum absolute atomic E-state index is 0.0572. The molecule has 0 spiro atoms. The number of nitrogens with one attached hydrogen (secondary N) is 1. The average Bonchev–Trinajstić information content (AvgIpc) is 2.43. The fourth-order valence-electron chi connectivity index (χ4n) is 1.40. The first-order valence-corrected chi connectivity index (χ1v) is 7.02. The van der Waals surface area contributed by atoms with Gasteiger partial charge in [0.25, 0.3) is 0 Å². The van der Waals surface area contributed by atoms with Gasteiger partial charge in [0.1, 0.15) is 0 Å². The minimum Gasteiger partial charge on any atom is -0.465 e. The number of benzene rings is 1. The number of sulfone groups is 1. The van der Waals surface area contributed by atoms with E-state index in [9.17, 15) is 17.6 Å². The number of rotatable bonds is 5. The first-order chi connectivity index (χ1) is 9.39. The average molecular weight is 298 g/mol. The van der Waals surface area contributed by atoms with Gasteiger partial charge in [0.15, 0.2) is 9.84 Å². The molecule has 2 N–H and O–H groups in total. The summed E-state index contributed by atoms with van der Waals surface area (Å²) in [4.78, 5) is 10.2. The van der Waals surface area contributed by atoms with E-state index in [1.54, 1.807) is 6.07 Å². The van der Waals surface area contributed by atoms with Crippen LogP contribution in [0.3, 0.4) is 0 Å². The molecule has 106 valence electrons. The van der Waals surface area contributed by atoms with Crippen LogP contribution in [0.2, 0.25) is 0 Å². The van der Waals surface area contributed by atoms with E-state index in [1.165, 1.54) is 24.3 Å². The summed E-state index contributed by atoms with van der Waals surface area (Å²) in [5.74, 6) is -0.668. The summed E-state index contributed by atoms with van der Waals surface area (Å²) < 4.78 is 36.6. The second kappa shape index (κ2) is 6.68. The van der Waals surface area contributed by atoms with Crippen molar-refractivity contribution < 1.29 is 22.7 Å². The highest BCUT2D eigenvalue weighted by Crippen LogP contribution is 2.15. The zero-order chi connectivity index (χ0) is 15.2. The van der Waals surface area contributed by atoms with Crippen molar-refractivity contribution in [1.29, 1.82) is 5.26 Å². The molecule has 0 unspecified atom stereocenters. The lowest BCUT2D eigenvalue weighted by Gasteiger charge is -2.07. The van der Waals surface area contributed by atoms with Gasteiger partial charge in [-0.05, 0) is 23.8 Å². The third kappa shape index (κ3) is 4.37. The molecule has 0 bridgehead atoms. The number of hydrogen-bond acceptors (Lipinski definition) is 4. The number of nitriles is 1. The van der Waals surface area contributed by atoms with Crippen LogP contribution in [-0.2, 0) is 9.84 Å². The van der Waals surface area contributed by atoms with E-state index >= 15 is 0 Å². The molecule has 0 heterocycles. The second-order valence-corrected chi connectivity index (χ2v) is 5.81. The van der Waals surface area contributed by atoms with E-state index in [1.807, 2.05) is 5.32 Å². The maximum absolute atomic E-state index is 12.6. The SMILES string of the molecule is N#Cc1cccc(S(=O)(=O)CC(=CF)CNC(=O)O)c1. The maximum atomic E-state index is 12.6. The van der Waals surface area contributed by atoms with Gasteiger partial charge in [-0.15, -0.1) is 0 Å². The largest absolute Gasteiger partial charge is 0.465 e. The summed E-state index contributed by atoms with van der Waals surface area (Å²) in [6.07, 6.45) is -1.32. The fraction of sp³-hybridized carbons (Fsp3) is 0.167. The molecule has 0 aromatic heterocycles. The van der Waals surface area contributed by atoms with Crippen LogP contribution in [0.4, 0.5) is 9.18 Å². The Kier molecular flexibility index (Phi) is 5.23. The van der Waals surface area contributed by atoms with Crippen LogP contribution in [0.1, 0.15) is 5.56 Å². The van der Waals surface area contributed by atoms with Gasteiger partial charge in [0.2, 0.25) is 0 Å². The van der Waals surface area contributed by atoms with Gasteiger partial charge < -0.3 is 10.4 Å². The van der Waals surface area contributed by atoms with Gasteiger partial charge in [-0.1, -0.05) is 6.07 Å². The Morgan fingerprint density at radius 1 is 1.50 bits per heavy atom. The molecular formula is C12H11FN2O4S. The highest BCUT2D eigenvalue weighted by molar-refractivity contribution is 7.91. The van der Waals surface area contributed by atoms with Crippen molar-refractivity contribution in [3.8, 4) is 6.07 Å². The zero-order valence-corrected chi connectivity index (χ0v) is 11.0. The van der Waals surface area contributed by atoms with Gasteiger partial charge in [-0.2, -0.15) is 5.26 Å². The van der Waals surface area contributed by atoms with E-state index in [2.05, 4.69) is 0 Å². The Morgan fingerprint density at radius 3 is 2.75 bits per heavy atom. The van der Waals surface area contributed by atoms with E-state index in [-0.39, 0.29) is 22.4 Å². The van der Waals surface area contributed by atoms with E-state index in [4.69, 9.17) is 10.4 Å². The Balaban J connectivity index is 2.93. The van der Waals surface area contributed by atoms with Gasteiger partial charge in [-0.3, -0.25) is 0 Å². The number of carboxylic acid groups (broad SMARTS) is 1. The molecule has 0 saturated heterocycles. The molecule has 0 atom stereocenters. The summed E-state index contributed by atoms with van der Waals surface area (Å²) in [5.41, 5.74) is -0.0599. The van der Waals surface area contributed by atoms with Crippen LogP contribution in [0.5, 0.6) is 0 Å². The Bertz CT molecular complexity index is 677. The molecular weight excluding hydrogens is 287 g/mol. The first-order valence-electron chi connectivity index (χ1n) is 5.37. The zero-order valence-electron chi connectivity index (χ0n) is 10.2. The standard InChI is InChI=1S/C12H11FN2O4S/c13-5-10(7-15-12(16)17)8-20(18,19)11-3-1-2-9(4-11)6-14/h1-5,15H,7-8H2,(H,16,17). The van der Waals surface area contributed by atoms with Crippen LogP contribution in [0, 0.1) is 11.3 Å². The summed E-state index contributed by atoms with van der Waals surface area (Å²) in [7, 11) is -3.84. The molecule has 0 fully saturated rings. The molecule has 1 aromatic carbocycles. The van der Waals surface area contributed by atoms with Crippen molar-refractivity contribution in [3.63, 3.8) is 0 Å². The van der Waals surface area contributed by atoms with Crippen molar-refractivity contribution in [2.24, 2.45) is 0 Å². The lowest BCUT2D eigenvalue weighted by Crippen LogP contribution is -2.25. The lowest BCUT2D eigenvalue weighted by molar-refractivity contribution is 0.195. The van der Waals surface area contributed by atoms with Gasteiger partial charge in [0, 0.05) is 6.54 Å². The molecule has 0 aliphatic rings. The summed E-state index contributed by atoms with van der Waals surface area (Å²) in [6.45, 7) is -0.428. The molecule has 1 amide bonds. The van der Waals surface area contributed by atoms with Gasteiger partial charge >= 0.3 is 6.09 Å². The van der Waals surface area contributed by atoms with Crippen molar-refractivity contribution >= 4 is 15.9 Å². The minimum atomic E-state index is -3.84. The Morgan fingerprint density at radius 2 is 2.20 bits per heavy atom. The second-order valence-electron chi connectivity index (χ2n) is 3.82. The van der Waals surface area contributed by atoms with Crippen LogP contribution >= 0.6 is 0 Å². The molecule has 1 rings (SSSR count). The molecule has 0 radical (unpaired) electrons. The molecule has 1 aromatic rings. The topological polar surface area (TPSA) is 107 Å². The van der Waals surface area contributed by atoms with Crippen molar-refractivity contribution in [1.82, 2.24) is 5.32 Å². The summed E-state index contributed by atoms with van der Waals surface area (Å²) >= 11 is 0. The lowest BCUT2D eigenvalue weighted by atomic mass is 10.2. The number of hydrogen-bond donors (Lipinski definition) is 2. The maximum Gasteiger partial charge on any atom is 0.404 e. The molecule has 0 saturated carbocycles. The predicted octanol–water partition coefficient (Wildman–Crippen LogP) is 1.45. The third-order valence-corrected chi connectivity index (χ3v) is 4.04. The molecule has 6 nitrogen and oxygen atoms in total.